The molecule has 0 unspecified atom stereocenters. The van der Waals surface area contributed by atoms with E-state index < -0.39 is 17.8 Å². The monoisotopic (exact) mass is 562 g/mol. The second kappa shape index (κ2) is 12.2. The van der Waals surface area contributed by atoms with Crippen LogP contribution in [0, 0.1) is 13.8 Å². The Balaban J connectivity index is 1.40. The SMILES string of the molecule is COc1ccc(/C=C/CN2CCN([C@@H](c3cccc(C(F)(F)F)c3)c3nnnn3-c3c(C)cccc3C)CC2)cc1. The molecule has 0 N–H and O–H groups in total. The van der Waals surface area contributed by atoms with Gasteiger partial charge in [0, 0.05) is 32.7 Å². The molecule has 1 fully saturated rings. The van der Waals surface area contributed by atoms with E-state index in [4.69, 9.17) is 4.74 Å². The predicted molar refractivity (Wildman–Crippen MR) is 152 cm³/mol. The quantitative estimate of drug-likeness (QED) is 0.274. The van der Waals surface area contributed by atoms with Gasteiger partial charge in [-0.25, -0.2) is 0 Å². The standard InChI is InChI=1S/C31H33F3N6O/c1-22-7-4-8-23(2)28(22)40-30(35-36-37-40)29(25-10-5-11-26(21-25)31(32,33)34)39-19-17-38(18-20-39)16-6-9-24-12-14-27(41-3)15-13-24/h4-15,21,29H,16-20H2,1-3H3/b9-6+/t29-/m0/s1. The van der Waals surface area contributed by atoms with Crippen molar-refractivity contribution in [3.8, 4) is 11.4 Å². The summed E-state index contributed by atoms with van der Waals surface area (Å²) in [5.74, 6) is 1.31. The molecule has 1 aliphatic rings. The van der Waals surface area contributed by atoms with Gasteiger partial charge in [-0.2, -0.15) is 17.9 Å². The van der Waals surface area contributed by atoms with Gasteiger partial charge in [0.05, 0.1) is 24.4 Å². The topological polar surface area (TPSA) is 59.3 Å². The van der Waals surface area contributed by atoms with Gasteiger partial charge in [0.2, 0.25) is 0 Å². The molecule has 0 saturated carbocycles. The summed E-state index contributed by atoms with van der Waals surface area (Å²) in [4.78, 5) is 4.50. The van der Waals surface area contributed by atoms with E-state index in [9.17, 15) is 13.2 Å². The third-order valence-electron chi connectivity index (χ3n) is 7.48. The largest absolute Gasteiger partial charge is 0.497 e. The van der Waals surface area contributed by atoms with Crippen molar-refractivity contribution in [1.82, 2.24) is 30.0 Å². The third kappa shape index (κ3) is 6.49. The van der Waals surface area contributed by atoms with Gasteiger partial charge in [0.1, 0.15) is 5.75 Å². The van der Waals surface area contributed by atoms with Crippen LogP contribution in [0.3, 0.4) is 0 Å². The number of hydrogen-bond acceptors (Lipinski definition) is 6. The minimum Gasteiger partial charge on any atom is -0.497 e. The van der Waals surface area contributed by atoms with Gasteiger partial charge < -0.3 is 4.74 Å². The zero-order chi connectivity index (χ0) is 29.0. The first kappa shape index (κ1) is 28.5. The third-order valence-corrected chi connectivity index (χ3v) is 7.48. The van der Waals surface area contributed by atoms with Gasteiger partial charge in [-0.1, -0.05) is 54.6 Å². The molecule has 7 nitrogen and oxygen atoms in total. The number of methoxy groups -OCH3 is 1. The number of rotatable bonds is 8. The minimum absolute atomic E-state index is 0.495. The lowest BCUT2D eigenvalue weighted by molar-refractivity contribution is -0.137. The Kier molecular flexibility index (Phi) is 8.51. The van der Waals surface area contributed by atoms with Gasteiger partial charge in [-0.15, -0.1) is 5.10 Å². The van der Waals surface area contributed by atoms with Crippen LogP contribution in [-0.2, 0) is 6.18 Å². The van der Waals surface area contributed by atoms with Gasteiger partial charge >= 0.3 is 6.18 Å². The van der Waals surface area contributed by atoms with Crippen molar-refractivity contribution in [1.29, 1.82) is 0 Å². The molecule has 1 saturated heterocycles. The normalized spacial score (nSPS) is 15.9. The molecule has 1 aliphatic heterocycles. The Morgan fingerprint density at radius 1 is 0.927 bits per heavy atom. The smallest absolute Gasteiger partial charge is 0.416 e. The van der Waals surface area contributed by atoms with Crippen LogP contribution >= 0.6 is 0 Å². The summed E-state index contributed by atoms with van der Waals surface area (Å²) in [7, 11) is 1.65. The van der Waals surface area contributed by atoms with Crippen LogP contribution in [0.25, 0.3) is 11.8 Å². The first-order valence-electron chi connectivity index (χ1n) is 13.5. The van der Waals surface area contributed by atoms with E-state index in [0.29, 0.717) is 24.5 Å². The Labute approximate surface area is 237 Å². The Bertz CT molecular complexity index is 1470. The molecule has 5 rings (SSSR count). The minimum atomic E-state index is -4.45. The van der Waals surface area contributed by atoms with Crippen molar-refractivity contribution in [2.45, 2.75) is 26.1 Å². The number of hydrogen-bond donors (Lipinski definition) is 0. The van der Waals surface area contributed by atoms with Gasteiger partial charge in [-0.05, 0) is 70.8 Å². The first-order chi connectivity index (χ1) is 19.7. The number of tetrazole rings is 1. The van der Waals surface area contributed by atoms with Crippen LogP contribution in [-0.4, -0.2) is 69.8 Å². The lowest BCUT2D eigenvalue weighted by Crippen LogP contribution is -2.48. The highest BCUT2D eigenvalue weighted by molar-refractivity contribution is 5.51. The van der Waals surface area contributed by atoms with Crippen LogP contribution < -0.4 is 4.74 Å². The molecule has 2 heterocycles. The maximum absolute atomic E-state index is 13.7. The van der Waals surface area contributed by atoms with Crippen molar-refractivity contribution in [2.24, 2.45) is 0 Å². The molecule has 1 atom stereocenters. The molecular weight excluding hydrogens is 529 g/mol. The summed E-state index contributed by atoms with van der Waals surface area (Å²) in [5, 5.41) is 12.6. The number of para-hydroxylation sites is 1. The number of piperazine rings is 1. The van der Waals surface area contributed by atoms with E-state index >= 15 is 0 Å². The molecule has 0 bridgehead atoms. The van der Waals surface area contributed by atoms with E-state index in [2.05, 4.69) is 37.5 Å². The zero-order valence-electron chi connectivity index (χ0n) is 23.3. The van der Waals surface area contributed by atoms with Crippen LogP contribution in [0.5, 0.6) is 5.75 Å². The van der Waals surface area contributed by atoms with Crippen LogP contribution in [0.2, 0.25) is 0 Å². The maximum Gasteiger partial charge on any atom is 0.416 e. The number of alkyl halides is 3. The summed E-state index contributed by atoms with van der Waals surface area (Å²) in [6, 6.07) is 18.7. The molecule has 4 aromatic rings. The lowest BCUT2D eigenvalue weighted by Gasteiger charge is -2.38. The number of ether oxygens (including phenoxy) is 1. The molecule has 0 amide bonds. The number of nitrogens with zero attached hydrogens (tertiary/aromatic N) is 6. The fourth-order valence-electron chi connectivity index (χ4n) is 5.33. The number of aryl methyl sites for hydroxylation is 2. The van der Waals surface area contributed by atoms with Crippen molar-refractivity contribution in [3.63, 3.8) is 0 Å². The number of aromatic nitrogens is 4. The van der Waals surface area contributed by atoms with Crippen molar-refractivity contribution >= 4 is 6.08 Å². The second-order valence-electron chi connectivity index (χ2n) is 10.2. The first-order valence-corrected chi connectivity index (χ1v) is 13.5. The molecule has 214 valence electrons. The predicted octanol–water partition coefficient (Wildman–Crippen LogP) is 5.73. The van der Waals surface area contributed by atoms with Crippen LogP contribution in [0.1, 0.15) is 39.7 Å². The van der Waals surface area contributed by atoms with Crippen molar-refractivity contribution in [3.05, 3.63) is 106 Å². The van der Waals surface area contributed by atoms with Gasteiger partial charge in [0.15, 0.2) is 5.82 Å². The highest BCUT2D eigenvalue weighted by Gasteiger charge is 2.35. The van der Waals surface area contributed by atoms with E-state index in [0.717, 1.165) is 53.8 Å². The van der Waals surface area contributed by atoms with Crippen LogP contribution in [0.4, 0.5) is 13.2 Å². The Morgan fingerprint density at radius 2 is 1.61 bits per heavy atom. The summed E-state index contributed by atoms with van der Waals surface area (Å²) in [6.45, 7) is 7.54. The zero-order valence-corrected chi connectivity index (χ0v) is 23.3. The summed E-state index contributed by atoms with van der Waals surface area (Å²) in [5.41, 5.74) is 3.71. The van der Waals surface area contributed by atoms with Crippen molar-refractivity contribution in [2.75, 3.05) is 39.8 Å². The van der Waals surface area contributed by atoms with Crippen LogP contribution in [0.15, 0.2) is 72.8 Å². The van der Waals surface area contributed by atoms with Gasteiger partial charge in [-0.3, -0.25) is 9.80 Å². The molecule has 10 heteroatoms. The fraction of sp³-hybridized carbons (Fsp3) is 0.323. The molecule has 41 heavy (non-hydrogen) atoms. The summed E-state index contributed by atoms with van der Waals surface area (Å²) < 4.78 is 48.1. The molecule has 3 aromatic carbocycles. The van der Waals surface area contributed by atoms with Crippen molar-refractivity contribution < 1.29 is 17.9 Å². The van der Waals surface area contributed by atoms with E-state index in [-0.39, 0.29) is 0 Å². The molecule has 1 aromatic heterocycles. The second-order valence-corrected chi connectivity index (χ2v) is 10.2. The highest BCUT2D eigenvalue weighted by atomic mass is 19.4. The maximum atomic E-state index is 13.7. The fourth-order valence-corrected chi connectivity index (χ4v) is 5.33. The average Bonchev–Trinajstić information content (AvgIpc) is 3.43. The van der Waals surface area contributed by atoms with E-state index in [1.54, 1.807) is 17.9 Å². The Hall–Kier alpha value is -4.02. The van der Waals surface area contributed by atoms with Gasteiger partial charge in [0.25, 0.3) is 0 Å². The summed E-state index contributed by atoms with van der Waals surface area (Å²) in [6.07, 6.45) is -0.243. The Morgan fingerprint density at radius 3 is 2.27 bits per heavy atom. The number of halogens is 3. The highest BCUT2D eigenvalue weighted by Crippen LogP contribution is 2.35. The molecule has 0 spiro atoms. The molecule has 0 radical (unpaired) electrons. The molecule has 0 aliphatic carbocycles. The number of benzene rings is 3. The summed E-state index contributed by atoms with van der Waals surface area (Å²) >= 11 is 0. The average molecular weight is 563 g/mol. The lowest BCUT2D eigenvalue weighted by atomic mass is 10.00. The van der Waals surface area contributed by atoms with E-state index in [1.165, 1.54) is 12.1 Å². The molecular formula is C31H33F3N6O. The van der Waals surface area contributed by atoms with E-state index in [1.807, 2.05) is 56.3 Å².